The number of nitrogens with zero attached hydrogens (tertiary/aromatic N) is 1. The monoisotopic (exact) mass is 195 g/mol. The van der Waals surface area contributed by atoms with E-state index < -0.39 is 11.4 Å². The summed E-state index contributed by atoms with van der Waals surface area (Å²) in [4.78, 5) is 13.1. The van der Waals surface area contributed by atoms with E-state index in [2.05, 4.69) is 10.8 Å². The number of hydrogen-bond donors (Lipinski definition) is 1. The molecule has 0 saturated carbocycles. The highest BCUT2D eigenvalue weighted by Gasteiger charge is 2.39. The Morgan fingerprint density at radius 2 is 2.43 bits per heavy atom. The van der Waals surface area contributed by atoms with Crippen LogP contribution in [0.2, 0.25) is 0 Å². The lowest BCUT2D eigenvalue weighted by Crippen LogP contribution is -2.32. The van der Waals surface area contributed by atoms with Crippen LogP contribution in [0.3, 0.4) is 0 Å². The van der Waals surface area contributed by atoms with Gasteiger partial charge in [0, 0.05) is 13.0 Å². The van der Waals surface area contributed by atoms with Gasteiger partial charge in [0.25, 0.3) is 0 Å². The average molecular weight is 195 g/mol. The van der Waals surface area contributed by atoms with Gasteiger partial charge in [0.15, 0.2) is 0 Å². The lowest BCUT2D eigenvalue weighted by atomic mass is 9.90. The van der Waals surface area contributed by atoms with Crippen LogP contribution in [-0.2, 0) is 4.79 Å². The van der Waals surface area contributed by atoms with Crippen LogP contribution in [0.15, 0.2) is 0 Å². The summed E-state index contributed by atoms with van der Waals surface area (Å²) in [5.41, 5.74) is -0.545. The second-order valence-electron chi connectivity index (χ2n) is 4.20. The third-order valence-electron chi connectivity index (χ3n) is 2.86. The van der Waals surface area contributed by atoms with Crippen LogP contribution in [-0.4, -0.2) is 35.6 Å². The molecule has 1 heterocycles. The van der Waals surface area contributed by atoms with E-state index in [-0.39, 0.29) is 0 Å². The van der Waals surface area contributed by atoms with E-state index in [0.717, 1.165) is 32.4 Å². The minimum atomic E-state index is -0.683. The van der Waals surface area contributed by atoms with Crippen LogP contribution >= 0.6 is 0 Å². The molecule has 0 aliphatic carbocycles. The molecular formula is C11H17NO2. The van der Waals surface area contributed by atoms with Crippen molar-refractivity contribution in [1.82, 2.24) is 4.90 Å². The quantitative estimate of drug-likeness (QED) is 0.541. The number of terminal acetylenes is 1. The van der Waals surface area contributed by atoms with Gasteiger partial charge in [-0.05, 0) is 32.9 Å². The second kappa shape index (κ2) is 4.47. The number of carboxylic acids is 1. The van der Waals surface area contributed by atoms with Crippen molar-refractivity contribution in [3.63, 3.8) is 0 Å². The largest absolute Gasteiger partial charge is 0.481 e. The van der Waals surface area contributed by atoms with Gasteiger partial charge in [-0.1, -0.05) is 0 Å². The number of carbonyl (C=O) groups is 1. The summed E-state index contributed by atoms with van der Waals surface area (Å²) < 4.78 is 0. The third kappa shape index (κ3) is 2.49. The van der Waals surface area contributed by atoms with Gasteiger partial charge in [-0.15, -0.1) is 12.3 Å². The Bertz CT molecular complexity index is 257. The molecule has 0 bridgehead atoms. The van der Waals surface area contributed by atoms with Gasteiger partial charge in [0.05, 0.1) is 5.41 Å². The van der Waals surface area contributed by atoms with E-state index in [1.807, 2.05) is 6.92 Å². The standard InChI is InChI=1S/C11H17NO2/c1-3-4-5-7-12-8-6-11(2,9-12)10(13)14/h1H,4-9H2,2H3,(H,13,14). The molecule has 0 aromatic carbocycles. The predicted molar refractivity (Wildman–Crippen MR) is 54.9 cm³/mol. The van der Waals surface area contributed by atoms with Gasteiger partial charge in [-0.2, -0.15) is 0 Å². The fraction of sp³-hybridized carbons (Fsp3) is 0.727. The van der Waals surface area contributed by atoms with E-state index >= 15 is 0 Å². The minimum absolute atomic E-state index is 0.545. The number of likely N-dealkylation sites (tertiary alicyclic amines) is 1. The first-order valence-electron chi connectivity index (χ1n) is 4.98. The summed E-state index contributed by atoms with van der Waals surface area (Å²) in [7, 11) is 0. The first-order chi connectivity index (χ1) is 6.58. The molecule has 0 aromatic rings. The molecule has 0 aromatic heterocycles. The highest BCUT2D eigenvalue weighted by molar-refractivity contribution is 5.74. The summed E-state index contributed by atoms with van der Waals surface area (Å²) >= 11 is 0. The first kappa shape index (κ1) is 11.1. The van der Waals surface area contributed by atoms with Crippen molar-refractivity contribution in [3.8, 4) is 12.3 Å². The zero-order valence-corrected chi connectivity index (χ0v) is 8.62. The van der Waals surface area contributed by atoms with Gasteiger partial charge >= 0.3 is 5.97 Å². The fourth-order valence-corrected chi connectivity index (χ4v) is 1.83. The van der Waals surface area contributed by atoms with Crippen molar-refractivity contribution in [2.24, 2.45) is 5.41 Å². The van der Waals surface area contributed by atoms with Crippen LogP contribution in [0, 0.1) is 17.8 Å². The van der Waals surface area contributed by atoms with Gasteiger partial charge in [-0.3, -0.25) is 4.79 Å². The molecule has 0 radical (unpaired) electrons. The molecule has 1 fully saturated rings. The highest BCUT2D eigenvalue weighted by Crippen LogP contribution is 2.29. The van der Waals surface area contributed by atoms with Crippen molar-refractivity contribution in [1.29, 1.82) is 0 Å². The molecule has 78 valence electrons. The molecule has 1 unspecified atom stereocenters. The molecule has 1 saturated heterocycles. The smallest absolute Gasteiger partial charge is 0.310 e. The summed E-state index contributed by atoms with van der Waals surface area (Å²) in [6.07, 6.45) is 7.64. The van der Waals surface area contributed by atoms with Gasteiger partial charge in [0.1, 0.15) is 0 Å². The van der Waals surface area contributed by atoms with Crippen molar-refractivity contribution in [2.75, 3.05) is 19.6 Å². The molecular weight excluding hydrogens is 178 g/mol. The third-order valence-corrected chi connectivity index (χ3v) is 2.86. The second-order valence-corrected chi connectivity index (χ2v) is 4.20. The molecule has 3 heteroatoms. The molecule has 14 heavy (non-hydrogen) atoms. The Balaban J connectivity index is 2.34. The van der Waals surface area contributed by atoms with Gasteiger partial charge in [-0.25, -0.2) is 0 Å². The molecule has 1 aliphatic heterocycles. The maximum absolute atomic E-state index is 10.9. The number of unbranched alkanes of at least 4 members (excludes halogenated alkanes) is 1. The molecule has 1 N–H and O–H groups in total. The van der Waals surface area contributed by atoms with Crippen LogP contribution in [0.1, 0.15) is 26.2 Å². The average Bonchev–Trinajstić information content (AvgIpc) is 2.50. The van der Waals surface area contributed by atoms with Gasteiger partial charge < -0.3 is 10.0 Å². The van der Waals surface area contributed by atoms with E-state index in [0.29, 0.717) is 6.54 Å². The fourth-order valence-electron chi connectivity index (χ4n) is 1.83. The zero-order valence-electron chi connectivity index (χ0n) is 8.62. The van der Waals surface area contributed by atoms with Gasteiger partial charge in [0.2, 0.25) is 0 Å². The highest BCUT2D eigenvalue weighted by atomic mass is 16.4. The van der Waals surface area contributed by atoms with E-state index in [9.17, 15) is 4.79 Å². The molecule has 1 atom stereocenters. The van der Waals surface area contributed by atoms with Crippen LogP contribution in [0.25, 0.3) is 0 Å². The number of carboxylic acid groups (broad SMARTS) is 1. The Morgan fingerprint density at radius 1 is 1.71 bits per heavy atom. The maximum atomic E-state index is 10.9. The summed E-state index contributed by atoms with van der Waals surface area (Å²) in [5, 5.41) is 9.00. The van der Waals surface area contributed by atoms with E-state index in [4.69, 9.17) is 11.5 Å². The number of aliphatic carboxylic acids is 1. The van der Waals surface area contributed by atoms with Crippen molar-refractivity contribution in [3.05, 3.63) is 0 Å². The SMILES string of the molecule is C#CCCCN1CCC(C)(C(=O)O)C1. The maximum Gasteiger partial charge on any atom is 0.310 e. The Hall–Kier alpha value is -1.01. The van der Waals surface area contributed by atoms with E-state index in [1.54, 1.807) is 0 Å². The molecule has 0 spiro atoms. The van der Waals surface area contributed by atoms with Crippen LogP contribution < -0.4 is 0 Å². The van der Waals surface area contributed by atoms with Crippen molar-refractivity contribution >= 4 is 5.97 Å². The Labute approximate surface area is 85.1 Å². The normalized spacial score (nSPS) is 27.4. The summed E-state index contributed by atoms with van der Waals surface area (Å²) in [6, 6.07) is 0. The molecule has 3 nitrogen and oxygen atoms in total. The molecule has 0 amide bonds. The van der Waals surface area contributed by atoms with E-state index in [1.165, 1.54) is 0 Å². The van der Waals surface area contributed by atoms with Crippen molar-refractivity contribution < 1.29 is 9.90 Å². The number of rotatable bonds is 4. The van der Waals surface area contributed by atoms with Crippen LogP contribution in [0.5, 0.6) is 0 Å². The van der Waals surface area contributed by atoms with Crippen molar-refractivity contribution in [2.45, 2.75) is 26.2 Å². The Kier molecular flexibility index (Phi) is 3.54. The Morgan fingerprint density at radius 3 is 2.93 bits per heavy atom. The predicted octanol–water partition coefficient (Wildman–Crippen LogP) is 1.20. The minimum Gasteiger partial charge on any atom is -0.481 e. The topological polar surface area (TPSA) is 40.5 Å². The van der Waals surface area contributed by atoms with Crippen LogP contribution in [0.4, 0.5) is 0 Å². The first-order valence-corrected chi connectivity index (χ1v) is 4.98. The zero-order chi connectivity index (χ0) is 10.6. The molecule has 1 aliphatic rings. The lowest BCUT2D eigenvalue weighted by molar-refractivity contribution is -0.147. The lowest BCUT2D eigenvalue weighted by Gasteiger charge is -2.19. The summed E-state index contributed by atoms with van der Waals surface area (Å²) in [5.74, 6) is 1.91. The summed E-state index contributed by atoms with van der Waals surface area (Å²) in [6.45, 7) is 4.28. The molecule has 1 rings (SSSR count). The number of hydrogen-bond acceptors (Lipinski definition) is 2.